The molecule has 0 aliphatic carbocycles. The summed E-state index contributed by atoms with van der Waals surface area (Å²) in [6.45, 7) is 0.981. The molecule has 0 saturated carbocycles. The van der Waals surface area contributed by atoms with Gasteiger partial charge in [0.1, 0.15) is 11.6 Å². The van der Waals surface area contributed by atoms with Gasteiger partial charge in [-0.05, 0) is 6.92 Å². The third-order valence-corrected chi connectivity index (χ3v) is 2.56. The molecule has 0 fully saturated rings. The quantitative estimate of drug-likeness (QED) is 0.849. The maximum Gasteiger partial charge on any atom is 0.264 e. The van der Waals surface area contributed by atoms with Gasteiger partial charge in [0.15, 0.2) is 5.15 Å². The first-order valence-electron chi connectivity index (χ1n) is 3.61. The first-order chi connectivity index (χ1) is 6.15. The van der Waals surface area contributed by atoms with Crippen molar-refractivity contribution in [2.75, 3.05) is 6.67 Å². The number of alkyl halides is 1. The second kappa shape index (κ2) is 4.53. The van der Waals surface area contributed by atoms with E-state index in [-0.39, 0.29) is 11.1 Å². The number of rotatable bonds is 3. The summed E-state index contributed by atoms with van der Waals surface area (Å²) in [4.78, 5) is 15.3. The third kappa shape index (κ3) is 2.63. The summed E-state index contributed by atoms with van der Waals surface area (Å²) in [5.74, 6) is -0.377. The molecular formula is C7H8ClFN2OS. The molecular weight excluding hydrogens is 215 g/mol. The van der Waals surface area contributed by atoms with E-state index in [1.165, 1.54) is 5.51 Å². The van der Waals surface area contributed by atoms with Crippen LogP contribution in [0.5, 0.6) is 0 Å². The minimum Gasteiger partial charge on any atom is -0.346 e. The minimum atomic E-state index is -0.595. The van der Waals surface area contributed by atoms with Crippen molar-refractivity contribution < 1.29 is 9.18 Å². The smallest absolute Gasteiger partial charge is 0.264 e. The molecule has 1 amide bonds. The van der Waals surface area contributed by atoms with Crippen LogP contribution in [0.1, 0.15) is 16.6 Å². The lowest BCUT2D eigenvalue weighted by atomic mass is 10.3. The van der Waals surface area contributed by atoms with Crippen LogP contribution < -0.4 is 5.32 Å². The molecule has 0 bridgehead atoms. The largest absolute Gasteiger partial charge is 0.346 e. The fourth-order valence-corrected chi connectivity index (χ4v) is 1.61. The van der Waals surface area contributed by atoms with Gasteiger partial charge in [0, 0.05) is 0 Å². The Kier molecular flexibility index (Phi) is 3.62. The molecule has 0 saturated heterocycles. The summed E-state index contributed by atoms with van der Waals surface area (Å²) in [6, 6.07) is -0.495. The van der Waals surface area contributed by atoms with Crippen molar-refractivity contribution in [3.05, 3.63) is 15.5 Å². The molecule has 0 aromatic carbocycles. The number of carbonyl (C=O) groups excluding carboxylic acids is 1. The van der Waals surface area contributed by atoms with Crippen molar-refractivity contribution in [3.63, 3.8) is 0 Å². The molecule has 1 N–H and O–H groups in total. The van der Waals surface area contributed by atoms with E-state index in [9.17, 15) is 9.18 Å². The molecule has 6 heteroatoms. The third-order valence-electron chi connectivity index (χ3n) is 1.34. The van der Waals surface area contributed by atoms with Gasteiger partial charge in [-0.15, -0.1) is 11.3 Å². The molecule has 1 heterocycles. The maximum absolute atomic E-state index is 12.0. The molecule has 0 aliphatic heterocycles. The fraction of sp³-hybridized carbons (Fsp3) is 0.429. The van der Waals surface area contributed by atoms with Crippen LogP contribution in [0.25, 0.3) is 0 Å². The predicted octanol–water partition coefficient (Wildman–Crippen LogP) is 1.88. The number of hydrogen-bond donors (Lipinski definition) is 1. The van der Waals surface area contributed by atoms with E-state index in [1.807, 2.05) is 0 Å². The van der Waals surface area contributed by atoms with Crippen molar-refractivity contribution in [1.29, 1.82) is 0 Å². The van der Waals surface area contributed by atoms with Gasteiger partial charge >= 0.3 is 0 Å². The Morgan fingerprint density at radius 1 is 1.92 bits per heavy atom. The summed E-state index contributed by atoms with van der Waals surface area (Å²) in [7, 11) is 0. The van der Waals surface area contributed by atoms with E-state index in [1.54, 1.807) is 6.92 Å². The Morgan fingerprint density at radius 3 is 3.08 bits per heavy atom. The van der Waals surface area contributed by atoms with E-state index >= 15 is 0 Å². The van der Waals surface area contributed by atoms with Crippen LogP contribution >= 0.6 is 22.9 Å². The Hall–Kier alpha value is -0.680. The molecule has 1 atom stereocenters. The van der Waals surface area contributed by atoms with Gasteiger partial charge < -0.3 is 5.32 Å². The lowest BCUT2D eigenvalue weighted by Crippen LogP contribution is -2.33. The second-order valence-corrected chi connectivity index (χ2v) is 3.71. The summed E-state index contributed by atoms with van der Waals surface area (Å²) in [5, 5.41) is 2.61. The van der Waals surface area contributed by atoms with Crippen LogP contribution in [-0.2, 0) is 0 Å². The highest BCUT2D eigenvalue weighted by molar-refractivity contribution is 7.12. The zero-order valence-electron chi connectivity index (χ0n) is 6.88. The number of thiazole rings is 1. The van der Waals surface area contributed by atoms with Crippen molar-refractivity contribution >= 4 is 28.8 Å². The maximum atomic E-state index is 12.0. The van der Waals surface area contributed by atoms with Crippen LogP contribution in [0.3, 0.4) is 0 Å². The minimum absolute atomic E-state index is 0.161. The van der Waals surface area contributed by atoms with Gasteiger partial charge in [0.25, 0.3) is 5.91 Å². The summed E-state index contributed by atoms with van der Waals surface area (Å²) >= 11 is 6.74. The van der Waals surface area contributed by atoms with Crippen molar-refractivity contribution in [3.8, 4) is 0 Å². The molecule has 1 rings (SSSR count). The number of amides is 1. The van der Waals surface area contributed by atoms with Gasteiger partial charge in [-0.1, -0.05) is 11.6 Å². The Morgan fingerprint density at radius 2 is 2.62 bits per heavy atom. The van der Waals surface area contributed by atoms with Crippen LogP contribution in [0.2, 0.25) is 5.15 Å². The number of carbonyl (C=O) groups is 1. The first kappa shape index (κ1) is 10.4. The van der Waals surface area contributed by atoms with Crippen LogP contribution in [0.15, 0.2) is 5.51 Å². The van der Waals surface area contributed by atoms with Crippen LogP contribution in [-0.4, -0.2) is 23.6 Å². The number of nitrogens with zero attached hydrogens (tertiary/aromatic N) is 1. The highest BCUT2D eigenvalue weighted by Gasteiger charge is 2.14. The molecule has 1 aromatic heterocycles. The lowest BCUT2D eigenvalue weighted by molar-refractivity contribution is 0.0938. The van der Waals surface area contributed by atoms with Crippen molar-refractivity contribution in [2.45, 2.75) is 13.0 Å². The van der Waals surface area contributed by atoms with Crippen molar-refractivity contribution in [2.24, 2.45) is 0 Å². The molecule has 0 aliphatic rings. The van der Waals surface area contributed by atoms with E-state index < -0.39 is 12.7 Å². The van der Waals surface area contributed by atoms with Gasteiger partial charge in [-0.2, -0.15) is 0 Å². The number of aromatic nitrogens is 1. The zero-order valence-corrected chi connectivity index (χ0v) is 8.45. The fourth-order valence-electron chi connectivity index (χ4n) is 0.708. The molecule has 3 nitrogen and oxygen atoms in total. The first-order valence-corrected chi connectivity index (χ1v) is 4.86. The zero-order chi connectivity index (χ0) is 9.84. The number of hydrogen-bond acceptors (Lipinski definition) is 3. The average molecular weight is 223 g/mol. The summed E-state index contributed by atoms with van der Waals surface area (Å²) < 4.78 is 12.0. The van der Waals surface area contributed by atoms with Gasteiger partial charge in [-0.25, -0.2) is 9.37 Å². The van der Waals surface area contributed by atoms with Gasteiger partial charge in [-0.3, -0.25) is 4.79 Å². The van der Waals surface area contributed by atoms with E-state index in [0.717, 1.165) is 11.3 Å². The monoisotopic (exact) mass is 222 g/mol. The average Bonchev–Trinajstić information content (AvgIpc) is 2.51. The van der Waals surface area contributed by atoms with Crippen molar-refractivity contribution in [1.82, 2.24) is 10.3 Å². The van der Waals surface area contributed by atoms with E-state index in [2.05, 4.69) is 10.3 Å². The lowest BCUT2D eigenvalue weighted by Gasteiger charge is -2.07. The SMILES string of the molecule is CC(CF)NC(=O)c1scnc1Cl. The highest BCUT2D eigenvalue weighted by atomic mass is 35.5. The molecule has 0 radical (unpaired) electrons. The number of nitrogens with one attached hydrogen (secondary N) is 1. The van der Waals surface area contributed by atoms with E-state index in [4.69, 9.17) is 11.6 Å². The Labute approximate surface area is 83.9 Å². The number of halogens is 2. The topological polar surface area (TPSA) is 42.0 Å². The highest BCUT2D eigenvalue weighted by Crippen LogP contribution is 2.17. The normalized spacial score (nSPS) is 12.5. The predicted molar refractivity (Wildman–Crippen MR) is 50.0 cm³/mol. The molecule has 1 aromatic rings. The van der Waals surface area contributed by atoms with Gasteiger partial charge in [0.05, 0.1) is 11.6 Å². The van der Waals surface area contributed by atoms with Gasteiger partial charge in [0.2, 0.25) is 0 Å². The summed E-state index contributed by atoms with van der Waals surface area (Å²) in [5.41, 5.74) is 1.47. The second-order valence-electron chi connectivity index (χ2n) is 2.50. The molecule has 1 unspecified atom stereocenters. The van der Waals surface area contributed by atoms with Crippen LogP contribution in [0.4, 0.5) is 4.39 Å². The van der Waals surface area contributed by atoms with E-state index in [0.29, 0.717) is 4.88 Å². The summed E-state index contributed by atoms with van der Waals surface area (Å²) in [6.07, 6.45) is 0. The molecule has 0 spiro atoms. The standard InChI is InChI=1S/C7H8ClFN2OS/c1-4(2-9)11-7(12)5-6(8)10-3-13-5/h3-4H,2H2,1H3,(H,11,12). The Bertz CT molecular complexity index is 304. The molecule has 72 valence electrons. The molecule has 13 heavy (non-hydrogen) atoms. The Balaban J connectivity index is 2.64. The van der Waals surface area contributed by atoms with Crippen LogP contribution in [0, 0.1) is 0 Å².